The molecule has 0 spiro atoms. The van der Waals surface area contributed by atoms with Crippen LogP contribution in [0.15, 0.2) is 24.3 Å². The fraction of sp³-hybridized carbons (Fsp3) is 0.562. The van der Waals surface area contributed by atoms with Crippen molar-refractivity contribution in [2.75, 3.05) is 19.6 Å². The molecule has 0 saturated carbocycles. The summed E-state index contributed by atoms with van der Waals surface area (Å²) in [6, 6.07) is 5.36. The number of hydrogen-bond acceptors (Lipinski definition) is 3. The summed E-state index contributed by atoms with van der Waals surface area (Å²) < 4.78 is 40.0. The Hall–Kier alpha value is -1.47. The van der Waals surface area contributed by atoms with E-state index in [9.17, 15) is 18.0 Å². The van der Waals surface area contributed by atoms with Gasteiger partial charge in [-0.3, -0.25) is 4.79 Å². The van der Waals surface area contributed by atoms with Crippen LogP contribution in [0.1, 0.15) is 25.3 Å². The molecule has 0 atom stereocenters. The van der Waals surface area contributed by atoms with Crippen molar-refractivity contribution >= 4 is 18.3 Å². The van der Waals surface area contributed by atoms with Crippen LogP contribution in [0.3, 0.4) is 0 Å². The smallest absolute Gasteiger partial charge is 0.406 e. The summed E-state index contributed by atoms with van der Waals surface area (Å²) >= 11 is 0. The second kappa shape index (κ2) is 8.58. The predicted molar refractivity (Wildman–Crippen MR) is 87.3 cm³/mol. The van der Waals surface area contributed by atoms with Crippen LogP contribution in [0.25, 0.3) is 0 Å². The van der Waals surface area contributed by atoms with Crippen molar-refractivity contribution in [3.63, 3.8) is 0 Å². The van der Waals surface area contributed by atoms with E-state index >= 15 is 0 Å². The van der Waals surface area contributed by atoms with E-state index in [1.54, 1.807) is 0 Å². The summed E-state index contributed by atoms with van der Waals surface area (Å²) in [4.78, 5) is 12.0. The Bertz CT molecular complexity index is 529. The molecule has 1 aliphatic heterocycles. The van der Waals surface area contributed by atoms with Gasteiger partial charge in [0.05, 0.1) is 6.42 Å². The van der Waals surface area contributed by atoms with E-state index in [4.69, 9.17) is 0 Å². The Kier molecular flexibility index (Phi) is 7.35. The zero-order valence-electron chi connectivity index (χ0n) is 13.4. The molecular formula is C16H22ClF3N2O2. The minimum absolute atomic E-state index is 0. The zero-order valence-corrected chi connectivity index (χ0v) is 14.2. The topological polar surface area (TPSA) is 50.4 Å². The number of halogens is 4. The van der Waals surface area contributed by atoms with Crippen LogP contribution in [-0.4, -0.2) is 31.9 Å². The van der Waals surface area contributed by atoms with Gasteiger partial charge in [0, 0.05) is 6.54 Å². The summed E-state index contributed by atoms with van der Waals surface area (Å²) in [7, 11) is 0. The van der Waals surface area contributed by atoms with Crippen molar-refractivity contribution in [3.8, 4) is 5.75 Å². The van der Waals surface area contributed by atoms with Gasteiger partial charge in [-0.25, -0.2) is 0 Å². The van der Waals surface area contributed by atoms with Crippen molar-refractivity contribution in [2.24, 2.45) is 5.41 Å². The molecule has 1 saturated heterocycles. The Labute approximate surface area is 145 Å². The predicted octanol–water partition coefficient (Wildman–Crippen LogP) is 3.06. The van der Waals surface area contributed by atoms with Crippen molar-refractivity contribution < 1.29 is 22.7 Å². The van der Waals surface area contributed by atoms with E-state index in [1.807, 2.05) is 0 Å². The van der Waals surface area contributed by atoms with Gasteiger partial charge in [0.2, 0.25) is 5.91 Å². The highest BCUT2D eigenvalue weighted by Gasteiger charge is 2.31. The maximum absolute atomic E-state index is 12.1. The first-order chi connectivity index (χ1) is 10.8. The Morgan fingerprint density at radius 2 is 1.83 bits per heavy atom. The average molecular weight is 367 g/mol. The number of nitrogens with one attached hydrogen (secondary N) is 2. The fourth-order valence-electron chi connectivity index (χ4n) is 2.58. The molecule has 8 heteroatoms. The lowest BCUT2D eigenvalue weighted by molar-refractivity contribution is -0.274. The van der Waals surface area contributed by atoms with Crippen LogP contribution in [-0.2, 0) is 11.2 Å². The third-order valence-electron chi connectivity index (χ3n) is 4.04. The Balaban J connectivity index is 0.00000288. The van der Waals surface area contributed by atoms with E-state index < -0.39 is 6.36 Å². The summed E-state index contributed by atoms with van der Waals surface area (Å²) in [6.45, 7) is 4.67. The number of amides is 1. The number of alkyl halides is 3. The third kappa shape index (κ3) is 6.97. The lowest BCUT2D eigenvalue weighted by Crippen LogP contribution is -2.43. The largest absolute Gasteiger partial charge is 0.573 e. The van der Waals surface area contributed by atoms with Gasteiger partial charge in [0.1, 0.15) is 5.75 Å². The van der Waals surface area contributed by atoms with Gasteiger partial charge in [-0.2, -0.15) is 0 Å². The normalized spacial score (nSPS) is 16.8. The molecule has 136 valence electrons. The number of piperidine rings is 1. The van der Waals surface area contributed by atoms with E-state index in [0.29, 0.717) is 12.1 Å². The van der Waals surface area contributed by atoms with Gasteiger partial charge in [-0.05, 0) is 49.0 Å². The van der Waals surface area contributed by atoms with Gasteiger partial charge < -0.3 is 15.4 Å². The lowest BCUT2D eigenvalue weighted by Gasteiger charge is -2.34. The van der Waals surface area contributed by atoms with Crippen LogP contribution in [0, 0.1) is 5.41 Å². The zero-order chi connectivity index (χ0) is 16.9. The van der Waals surface area contributed by atoms with E-state index in [-0.39, 0.29) is 35.9 Å². The van der Waals surface area contributed by atoms with E-state index in [0.717, 1.165) is 25.9 Å². The molecule has 0 radical (unpaired) electrons. The van der Waals surface area contributed by atoms with Crippen molar-refractivity contribution in [1.29, 1.82) is 0 Å². The molecule has 1 amide bonds. The van der Waals surface area contributed by atoms with Crippen LogP contribution < -0.4 is 15.4 Å². The monoisotopic (exact) mass is 366 g/mol. The molecule has 0 bridgehead atoms. The van der Waals surface area contributed by atoms with Gasteiger partial charge in [-0.15, -0.1) is 25.6 Å². The van der Waals surface area contributed by atoms with Gasteiger partial charge in [0.25, 0.3) is 0 Å². The van der Waals surface area contributed by atoms with Crippen molar-refractivity contribution in [2.45, 2.75) is 32.5 Å². The summed E-state index contributed by atoms with van der Waals surface area (Å²) in [5.41, 5.74) is 0.748. The van der Waals surface area contributed by atoms with Gasteiger partial charge >= 0.3 is 6.36 Å². The molecule has 0 unspecified atom stereocenters. The van der Waals surface area contributed by atoms with Crippen molar-refractivity contribution in [3.05, 3.63) is 29.8 Å². The summed E-state index contributed by atoms with van der Waals surface area (Å²) in [5, 5.41) is 6.20. The highest BCUT2D eigenvalue weighted by molar-refractivity contribution is 5.85. The molecule has 2 N–H and O–H groups in total. The molecule has 1 aromatic rings. The van der Waals surface area contributed by atoms with Crippen LogP contribution >= 0.6 is 12.4 Å². The minimum Gasteiger partial charge on any atom is -0.406 e. The first kappa shape index (κ1) is 20.6. The van der Waals surface area contributed by atoms with Crippen LogP contribution in [0.2, 0.25) is 0 Å². The molecule has 24 heavy (non-hydrogen) atoms. The van der Waals surface area contributed by atoms with E-state index in [1.165, 1.54) is 24.3 Å². The third-order valence-corrected chi connectivity index (χ3v) is 4.04. The second-order valence-corrected chi connectivity index (χ2v) is 6.21. The molecule has 1 aliphatic rings. The number of hydrogen-bond donors (Lipinski definition) is 2. The first-order valence-corrected chi connectivity index (χ1v) is 7.58. The van der Waals surface area contributed by atoms with E-state index in [2.05, 4.69) is 22.3 Å². The standard InChI is InChI=1S/C16H21F3N2O2.ClH/c1-15(6-8-20-9-7-15)11-21-14(22)10-12-2-4-13(5-3-12)23-16(17,18)19;/h2-5,20H,6-11H2,1H3,(H,21,22);1H. The average Bonchev–Trinajstić information content (AvgIpc) is 2.47. The maximum atomic E-state index is 12.1. The molecular weight excluding hydrogens is 345 g/mol. The maximum Gasteiger partial charge on any atom is 0.573 e. The lowest BCUT2D eigenvalue weighted by atomic mass is 9.81. The number of carbonyl (C=O) groups excluding carboxylic acids is 1. The number of benzene rings is 1. The first-order valence-electron chi connectivity index (χ1n) is 7.58. The quantitative estimate of drug-likeness (QED) is 0.842. The Morgan fingerprint density at radius 1 is 1.25 bits per heavy atom. The molecule has 4 nitrogen and oxygen atoms in total. The minimum atomic E-state index is -4.71. The van der Waals surface area contributed by atoms with Gasteiger partial charge in [-0.1, -0.05) is 19.1 Å². The molecule has 0 aromatic heterocycles. The highest BCUT2D eigenvalue weighted by atomic mass is 35.5. The SMILES string of the molecule is CC1(CNC(=O)Cc2ccc(OC(F)(F)F)cc2)CCNCC1.Cl. The number of rotatable bonds is 5. The Morgan fingerprint density at radius 3 is 2.38 bits per heavy atom. The van der Waals surface area contributed by atoms with Crippen LogP contribution in [0.5, 0.6) is 5.75 Å². The van der Waals surface area contributed by atoms with Crippen LogP contribution in [0.4, 0.5) is 13.2 Å². The summed E-state index contributed by atoms with van der Waals surface area (Å²) in [6.07, 6.45) is -2.54. The van der Waals surface area contributed by atoms with Gasteiger partial charge in [0.15, 0.2) is 0 Å². The molecule has 1 heterocycles. The highest BCUT2D eigenvalue weighted by Crippen LogP contribution is 2.26. The number of carbonyl (C=O) groups is 1. The molecule has 1 aromatic carbocycles. The van der Waals surface area contributed by atoms with Crippen molar-refractivity contribution in [1.82, 2.24) is 10.6 Å². The fourth-order valence-corrected chi connectivity index (χ4v) is 2.58. The molecule has 2 rings (SSSR count). The molecule has 1 fully saturated rings. The molecule has 0 aliphatic carbocycles. The number of ether oxygens (including phenoxy) is 1. The summed E-state index contributed by atoms with van der Waals surface area (Å²) in [5.74, 6) is -0.418. The second-order valence-electron chi connectivity index (χ2n) is 6.21.